The molecule has 2 aromatic rings. The minimum Gasteiger partial charge on any atom is -0.494 e. The number of nitrogens with one attached hydrogen (secondary N) is 1. The Balaban J connectivity index is 1.94. The molecule has 1 N–H and O–H groups in total. The van der Waals surface area contributed by atoms with Gasteiger partial charge < -0.3 is 14.8 Å². The van der Waals surface area contributed by atoms with E-state index in [1.165, 1.54) is 0 Å². The lowest BCUT2D eigenvalue weighted by atomic mass is 10.3. The highest BCUT2D eigenvalue weighted by molar-refractivity contribution is 5.43. The summed E-state index contributed by atoms with van der Waals surface area (Å²) in [6, 6.07) is 11.6. The van der Waals surface area contributed by atoms with E-state index >= 15 is 0 Å². The Kier molecular flexibility index (Phi) is 5.88. The Hall–Kier alpha value is -2.23. The van der Waals surface area contributed by atoms with Gasteiger partial charge in [0.2, 0.25) is 0 Å². The number of pyridine rings is 1. The molecule has 2 rings (SSSR count). The first kappa shape index (κ1) is 15.2. The fourth-order valence-electron chi connectivity index (χ4n) is 1.91. The standard InChI is InChI=1S/C17H22N2O2/c1-3-9-18-14-8-10-19-15(11-14)13-21-17-7-5-6-16(12-17)20-4-2/h5-8,10-12H,3-4,9,13H2,1-2H3,(H,18,19). The number of anilines is 1. The number of rotatable bonds is 8. The van der Waals surface area contributed by atoms with Gasteiger partial charge in [-0.15, -0.1) is 0 Å². The quantitative estimate of drug-likeness (QED) is 0.799. The molecule has 0 aliphatic carbocycles. The van der Waals surface area contributed by atoms with Gasteiger partial charge in [0.25, 0.3) is 0 Å². The molecule has 0 amide bonds. The smallest absolute Gasteiger partial charge is 0.130 e. The normalized spacial score (nSPS) is 10.2. The van der Waals surface area contributed by atoms with E-state index in [1.54, 1.807) is 6.20 Å². The third-order valence-corrected chi connectivity index (χ3v) is 2.90. The summed E-state index contributed by atoms with van der Waals surface area (Å²) < 4.78 is 11.2. The van der Waals surface area contributed by atoms with E-state index in [1.807, 2.05) is 43.3 Å². The molecule has 1 aromatic carbocycles. The van der Waals surface area contributed by atoms with Crippen LogP contribution in [0, 0.1) is 0 Å². The number of nitrogens with zero attached hydrogens (tertiary/aromatic N) is 1. The maximum absolute atomic E-state index is 5.77. The molecule has 0 radical (unpaired) electrons. The summed E-state index contributed by atoms with van der Waals surface area (Å²) in [5, 5.41) is 3.34. The molecule has 4 nitrogen and oxygen atoms in total. The van der Waals surface area contributed by atoms with Crippen molar-refractivity contribution in [3.63, 3.8) is 0 Å². The van der Waals surface area contributed by atoms with Crippen LogP contribution in [0.1, 0.15) is 26.0 Å². The molecule has 0 unspecified atom stereocenters. The van der Waals surface area contributed by atoms with E-state index in [-0.39, 0.29) is 0 Å². The molecule has 0 fully saturated rings. The maximum atomic E-state index is 5.77. The van der Waals surface area contributed by atoms with E-state index in [4.69, 9.17) is 9.47 Å². The van der Waals surface area contributed by atoms with Crippen molar-refractivity contribution in [1.82, 2.24) is 4.98 Å². The van der Waals surface area contributed by atoms with Gasteiger partial charge in [0.15, 0.2) is 0 Å². The highest BCUT2D eigenvalue weighted by Crippen LogP contribution is 2.20. The van der Waals surface area contributed by atoms with Crippen LogP contribution in [0.4, 0.5) is 5.69 Å². The second kappa shape index (κ2) is 8.15. The van der Waals surface area contributed by atoms with Crippen molar-refractivity contribution in [2.45, 2.75) is 26.9 Å². The minimum atomic E-state index is 0.442. The van der Waals surface area contributed by atoms with Crippen molar-refractivity contribution in [2.24, 2.45) is 0 Å². The van der Waals surface area contributed by atoms with Crippen LogP contribution in [-0.4, -0.2) is 18.1 Å². The molecule has 112 valence electrons. The Morgan fingerprint density at radius 3 is 2.62 bits per heavy atom. The molecular formula is C17H22N2O2. The van der Waals surface area contributed by atoms with Gasteiger partial charge in [0.1, 0.15) is 18.1 Å². The largest absolute Gasteiger partial charge is 0.494 e. The average Bonchev–Trinajstić information content (AvgIpc) is 2.52. The van der Waals surface area contributed by atoms with Crippen molar-refractivity contribution >= 4 is 5.69 Å². The third kappa shape index (κ3) is 4.99. The molecule has 0 spiro atoms. The molecule has 4 heteroatoms. The predicted molar refractivity (Wildman–Crippen MR) is 85.0 cm³/mol. The fraction of sp³-hybridized carbons (Fsp3) is 0.353. The lowest BCUT2D eigenvalue weighted by Gasteiger charge is -2.09. The van der Waals surface area contributed by atoms with Gasteiger partial charge in [0.05, 0.1) is 12.3 Å². The van der Waals surface area contributed by atoms with Crippen molar-refractivity contribution in [3.8, 4) is 11.5 Å². The molecule has 1 aromatic heterocycles. The number of hydrogen-bond acceptors (Lipinski definition) is 4. The van der Waals surface area contributed by atoms with Gasteiger partial charge in [-0.3, -0.25) is 4.98 Å². The Morgan fingerprint density at radius 2 is 1.86 bits per heavy atom. The van der Waals surface area contributed by atoms with Crippen LogP contribution >= 0.6 is 0 Å². The average molecular weight is 286 g/mol. The topological polar surface area (TPSA) is 43.4 Å². The first-order valence-corrected chi connectivity index (χ1v) is 7.36. The number of benzene rings is 1. The second-order valence-corrected chi connectivity index (χ2v) is 4.66. The van der Waals surface area contributed by atoms with Gasteiger partial charge in [-0.25, -0.2) is 0 Å². The fourth-order valence-corrected chi connectivity index (χ4v) is 1.91. The summed E-state index contributed by atoms with van der Waals surface area (Å²) in [6.45, 7) is 6.16. The van der Waals surface area contributed by atoms with Crippen LogP contribution in [-0.2, 0) is 6.61 Å². The highest BCUT2D eigenvalue weighted by Gasteiger charge is 2.01. The van der Waals surface area contributed by atoms with Crippen LogP contribution < -0.4 is 14.8 Å². The van der Waals surface area contributed by atoms with Gasteiger partial charge in [0, 0.05) is 24.5 Å². The lowest BCUT2D eigenvalue weighted by molar-refractivity contribution is 0.295. The van der Waals surface area contributed by atoms with E-state index in [2.05, 4.69) is 17.2 Å². The monoisotopic (exact) mass is 286 g/mol. The summed E-state index contributed by atoms with van der Waals surface area (Å²) in [5.41, 5.74) is 1.98. The molecule has 0 saturated carbocycles. The number of hydrogen-bond donors (Lipinski definition) is 1. The van der Waals surface area contributed by atoms with E-state index in [9.17, 15) is 0 Å². The summed E-state index contributed by atoms with van der Waals surface area (Å²) in [7, 11) is 0. The van der Waals surface area contributed by atoms with Crippen molar-refractivity contribution in [1.29, 1.82) is 0 Å². The minimum absolute atomic E-state index is 0.442. The van der Waals surface area contributed by atoms with Gasteiger partial charge in [-0.1, -0.05) is 13.0 Å². The Labute approximate surface area is 126 Å². The Bertz CT molecular complexity index is 558. The van der Waals surface area contributed by atoms with E-state index in [0.29, 0.717) is 13.2 Å². The van der Waals surface area contributed by atoms with Crippen LogP contribution in [0.15, 0.2) is 42.6 Å². The van der Waals surface area contributed by atoms with Crippen molar-refractivity contribution in [3.05, 3.63) is 48.3 Å². The molecular weight excluding hydrogens is 264 g/mol. The molecule has 0 aliphatic heterocycles. The molecule has 0 saturated heterocycles. The van der Waals surface area contributed by atoms with E-state index in [0.717, 1.165) is 35.8 Å². The van der Waals surface area contributed by atoms with Crippen LogP contribution in [0.2, 0.25) is 0 Å². The molecule has 21 heavy (non-hydrogen) atoms. The summed E-state index contributed by atoms with van der Waals surface area (Å²) in [6.07, 6.45) is 2.89. The van der Waals surface area contributed by atoms with Crippen LogP contribution in [0.5, 0.6) is 11.5 Å². The predicted octanol–water partition coefficient (Wildman–Crippen LogP) is 3.88. The summed E-state index contributed by atoms with van der Waals surface area (Å²) in [4.78, 5) is 4.33. The van der Waals surface area contributed by atoms with Gasteiger partial charge in [-0.2, -0.15) is 0 Å². The Morgan fingerprint density at radius 1 is 1.05 bits per heavy atom. The molecule has 0 atom stereocenters. The highest BCUT2D eigenvalue weighted by atomic mass is 16.5. The van der Waals surface area contributed by atoms with Gasteiger partial charge >= 0.3 is 0 Å². The molecule has 0 bridgehead atoms. The first-order valence-electron chi connectivity index (χ1n) is 7.36. The molecule has 1 heterocycles. The SMILES string of the molecule is CCCNc1ccnc(COc2cccc(OCC)c2)c1. The van der Waals surface area contributed by atoms with Crippen LogP contribution in [0.25, 0.3) is 0 Å². The summed E-state index contributed by atoms with van der Waals surface area (Å²) >= 11 is 0. The van der Waals surface area contributed by atoms with Crippen molar-refractivity contribution < 1.29 is 9.47 Å². The second-order valence-electron chi connectivity index (χ2n) is 4.66. The third-order valence-electron chi connectivity index (χ3n) is 2.90. The van der Waals surface area contributed by atoms with Gasteiger partial charge in [-0.05, 0) is 37.6 Å². The van der Waals surface area contributed by atoms with E-state index < -0.39 is 0 Å². The summed E-state index contributed by atoms with van der Waals surface area (Å²) in [5.74, 6) is 1.61. The van der Waals surface area contributed by atoms with Crippen LogP contribution in [0.3, 0.4) is 0 Å². The first-order chi connectivity index (χ1) is 10.3. The maximum Gasteiger partial charge on any atom is 0.130 e. The zero-order valence-electron chi connectivity index (χ0n) is 12.6. The number of aromatic nitrogens is 1. The zero-order chi connectivity index (χ0) is 14.9. The lowest BCUT2D eigenvalue weighted by Crippen LogP contribution is -2.03. The van der Waals surface area contributed by atoms with Crippen molar-refractivity contribution in [2.75, 3.05) is 18.5 Å². The number of ether oxygens (including phenoxy) is 2. The molecule has 0 aliphatic rings. The zero-order valence-corrected chi connectivity index (χ0v) is 12.6.